The molecule has 15 N–H and O–H groups in total. The van der Waals surface area contributed by atoms with E-state index >= 15 is 0 Å². The van der Waals surface area contributed by atoms with Gasteiger partial charge in [0.25, 0.3) is 0 Å². The number of aromatic amines is 2. The molecule has 0 radical (unpaired) electrons. The van der Waals surface area contributed by atoms with Gasteiger partial charge in [0.05, 0.1) is 61.7 Å². The third-order valence-corrected chi connectivity index (χ3v) is 24.0. The first-order valence-corrected chi connectivity index (χ1v) is 28.1. The van der Waals surface area contributed by atoms with E-state index in [0.29, 0.717) is 76.4 Å². The van der Waals surface area contributed by atoms with Crippen LogP contribution in [0.25, 0.3) is 0 Å². The molecule has 2 aromatic heterocycles. The third-order valence-electron chi connectivity index (χ3n) is 24.0. The summed E-state index contributed by atoms with van der Waals surface area (Å²) in [5.41, 5.74) is 4.24. The number of hydrogen-bond donors (Lipinski definition) is 14. The lowest BCUT2D eigenvalue weighted by atomic mass is 9.20. The summed E-state index contributed by atoms with van der Waals surface area (Å²) in [6.07, 6.45) is 5.32. The molecule has 12 rings (SSSR count). The number of carbonyl (C=O) groups excluding carboxylic acids is 1. The number of nitrogens with zero attached hydrogens (tertiary/aromatic N) is 2. The summed E-state index contributed by atoms with van der Waals surface area (Å²) in [6, 6.07) is -0.653. The molecule has 1 amide bonds. The number of carbonyl (C=O) groups is 2. The average molecular weight is 1060 g/mol. The summed E-state index contributed by atoms with van der Waals surface area (Å²) in [7, 11) is 0. The van der Waals surface area contributed by atoms with Crippen molar-refractivity contribution in [2.75, 3.05) is 38.3 Å². The Morgan fingerprint density at radius 3 is 2.46 bits per heavy atom. The van der Waals surface area contributed by atoms with E-state index in [1.807, 2.05) is 6.92 Å². The average Bonchev–Trinajstić information content (AvgIpc) is 4.15. The molecule has 2 aromatic rings. The van der Waals surface area contributed by atoms with Crippen molar-refractivity contribution in [1.82, 2.24) is 25.3 Å². The molecule has 0 aromatic carbocycles. The van der Waals surface area contributed by atoms with Crippen molar-refractivity contribution in [2.24, 2.45) is 91.0 Å². The maximum atomic E-state index is 14.6. The molecule has 10 aliphatic rings. The molecule has 76 heavy (non-hydrogen) atoms. The van der Waals surface area contributed by atoms with E-state index in [-0.39, 0.29) is 43.3 Å². The number of allylic oxidation sites excluding steroid dienone is 4. The number of rotatable bonds is 12. The van der Waals surface area contributed by atoms with Crippen molar-refractivity contribution in [1.29, 1.82) is 0 Å². The second-order valence-electron chi connectivity index (χ2n) is 26.5. The molecule has 3 aliphatic heterocycles. The normalized spacial score (nSPS) is 49.7. The number of hydrogen-bond acceptors (Lipinski definition) is 16. The topological polar surface area (TPSA) is 342 Å². The zero-order valence-electron chi connectivity index (χ0n) is 44.1. The minimum absolute atomic E-state index is 0.0665. The van der Waals surface area contributed by atoms with Crippen LogP contribution < -0.4 is 16.4 Å². The number of aliphatic hydroxyl groups excluding tert-OH is 8. The summed E-state index contributed by atoms with van der Waals surface area (Å²) in [5.74, 6) is -5.20. The van der Waals surface area contributed by atoms with Crippen molar-refractivity contribution in [2.45, 2.75) is 153 Å². The SMILES string of the molecule is C[C@]1(CO)CC[C@]2(C(=O)O)[C@@H]3CNc4nc[nH]c4C[C@@H]3[C@@]34CCC5=C[C@H]([C@@H]6[C@H]([C@H](CC[C@@H](N)O)c7cnc[nH]7)NC(=O)[C@@H]6CO)[C@H]6[C@@H](O)[C@@H](O[C@@H]7OC[C@@H](O)[C@H](O)[C@H]7O)[C@@](C)(CO)[C@H]7CC[C@]3(C)[C@]5(CC=C4[C@@H]2C1)[C@@]67C. The Kier molecular flexibility index (Phi) is 12.6. The first-order valence-electron chi connectivity index (χ1n) is 28.1. The summed E-state index contributed by atoms with van der Waals surface area (Å²) in [4.78, 5) is 44.9. The Morgan fingerprint density at radius 2 is 1.76 bits per heavy atom. The summed E-state index contributed by atoms with van der Waals surface area (Å²) >= 11 is 0. The summed E-state index contributed by atoms with van der Waals surface area (Å²) in [5, 5.41) is 111. The van der Waals surface area contributed by atoms with Crippen LogP contribution in [0, 0.1) is 85.2 Å². The van der Waals surface area contributed by atoms with Crippen molar-refractivity contribution in [3.8, 4) is 0 Å². The van der Waals surface area contributed by atoms with Gasteiger partial charge in [-0.25, -0.2) is 9.97 Å². The molecular formula is C56H81N7O13. The van der Waals surface area contributed by atoms with Crippen LogP contribution in [0.4, 0.5) is 5.82 Å². The number of nitrogens with two attached hydrogens (primary N) is 1. The zero-order valence-corrected chi connectivity index (χ0v) is 44.1. The van der Waals surface area contributed by atoms with Gasteiger partial charge in [0, 0.05) is 65.1 Å². The zero-order chi connectivity index (χ0) is 53.9. The number of H-pyrrole nitrogens is 2. The number of anilines is 1. The summed E-state index contributed by atoms with van der Waals surface area (Å²) in [6.45, 7) is 7.80. The van der Waals surface area contributed by atoms with Gasteiger partial charge in [-0.05, 0) is 116 Å². The Morgan fingerprint density at radius 1 is 0.974 bits per heavy atom. The largest absolute Gasteiger partial charge is 0.481 e. The lowest BCUT2D eigenvalue weighted by molar-refractivity contribution is -0.361. The van der Waals surface area contributed by atoms with E-state index in [2.05, 4.69) is 58.5 Å². The number of aliphatic hydroxyl groups is 8. The monoisotopic (exact) mass is 1060 g/mol. The first-order chi connectivity index (χ1) is 36.2. The molecule has 7 fully saturated rings. The van der Waals surface area contributed by atoms with Crippen molar-refractivity contribution in [3.63, 3.8) is 0 Å². The Labute approximate surface area is 442 Å². The maximum Gasteiger partial charge on any atom is 0.310 e. The predicted molar refractivity (Wildman–Crippen MR) is 272 cm³/mol. The van der Waals surface area contributed by atoms with Crippen molar-refractivity contribution >= 4 is 17.7 Å². The molecule has 20 heteroatoms. The fourth-order valence-corrected chi connectivity index (χ4v) is 20.9. The molecular weight excluding hydrogens is 979 g/mol. The van der Waals surface area contributed by atoms with Gasteiger partial charge < -0.3 is 81.8 Å². The van der Waals surface area contributed by atoms with Crippen LogP contribution in [0.5, 0.6) is 0 Å². The maximum absolute atomic E-state index is 14.6. The van der Waals surface area contributed by atoms with Crippen molar-refractivity contribution in [3.05, 3.63) is 53.5 Å². The number of ether oxygens (including phenoxy) is 2. The number of aromatic nitrogens is 4. The van der Waals surface area contributed by atoms with E-state index < -0.39 is 142 Å². The van der Waals surface area contributed by atoms with E-state index in [0.717, 1.165) is 11.5 Å². The number of fused-ring (bicyclic) bond motifs is 5. The van der Waals surface area contributed by atoms with Gasteiger partial charge in [-0.3, -0.25) is 9.59 Å². The number of imidazole rings is 2. The lowest BCUT2D eigenvalue weighted by Crippen LogP contribution is -2.81. The van der Waals surface area contributed by atoms with Crippen LogP contribution in [0.3, 0.4) is 0 Å². The van der Waals surface area contributed by atoms with Gasteiger partial charge in [0.1, 0.15) is 30.4 Å². The van der Waals surface area contributed by atoms with Gasteiger partial charge >= 0.3 is 5.97 Å². The van der Waals surface area contributed by atoms with Crippen LogP contribution in [0.1, 0.15) is 109 Å². The molecule has 0 unspecified atom stereocenters. The van der Waals surface area contributed by atoms with Crippen LogP contribution in [-0.4, -0.2) is 160 Å². The Hall–Kier alpha value is -3.80. The van der Waals surface area contributed by atoms with Crippen LogP contribution in [-0.2, 0) is 25.5 Å². The van der Waals surface area contributed by atoms with Gasteiger partial charge in [-0.1, -0.05) is 51.0 Å². The highest BCUT2D eigenvalue weighted by molar-refractivity contribution is 5.82. The molecule has 2 spiro atoms. The smallest absolute Gasteiger partial charge is 0.310 e. The molecule has 2 bridgehead atoms. The second-order valence-corrected chi connectivity index (χ2v) is 26.5. The Bertz CT molecular complexity index is 2650. The van der Waals surface area contributed by atoms with Gasteiger partial charge in [0.15, 0.2) is 6.29 Å². The third kappa shape index (κ3) is 6.63. The molecule has 418 valence electrons. The minimum Gasteiger partial charge on any atom is -0.481 e. The molecule has 24 atom stereocenters. The number of carboxylic acid groups (broad SMARTS) is 1. The number of aliphatic carboxylic acids is 1. The van der Waals surface area contributed by atoms with E-state index in [9.17, 15) is 55.5 Å². The molecule has 7 aliphatic carbocycles. The van der Waals surface area contributed by atoms with Crippen LogP contribution >= 0.6 is 0 Å². The quantitative estimate of drug-likeness (QED) is 0.0817. The standard InChI is InChI=1S/C56H81N7O13/c1-50(22-65)13-14-54(49(73)74)32(17-50)30-8-12-56-26-7-11-55(30,31-16-34-46(62-25-61-34)59-18-33(31)54)52(56,3)10-9-37-51(2,23-66)45(76-48-44(71)42(69)36(67)21-75-48)43(70)40(53(37,56)4)28(15-26)39-29(20-64)47(72)63-41(39)27(5-6-38(57)68)35-19-58-24-60-35/h8,15,19,24-25,27-29,31-33,36-45,48,59,64-71H,5-7,9-14,16-18,20-23,57H2,1-4H3,(H,58,60)(H,61,62)(H,63,72)(H,73,74)/t27-,28-,29-,31+,32+,33-,36-,37-,38+,39+,40+,41+,42+,43-,44-,45-,48+,50+,51+,52+,53-,54-,55+,56-/m1/s1. The van der Waals surface area contributed by atoms with E-state index in [1.54, 1.807) is 18.9 Å². The van der Waals surface area contributed by atoms with Crippen LogP contribution in [0.15, 0.2) is 42.1 Å². The van der Waals surface area contributed by atoms with Gasteiger partial charge in [0.2, 0.25) is 5.91 Å². The van der Waals surface area contributed by atoms with E-state index in [1.165, 1.54) is 11.1 Å². The lowest BCUT2D eigenvalue weighted by Gasteiger charge is -2.83. The fourth-order valence-electron chi connectivity index (χ4n) is 20.9. The second kappa shape index (κ2) is 18.1. The molecule has 5 heterocycles. The van der Waals surface area contributed by atoms with Gasteiger partial charge in [-0.2, -0.15) is 0 Å². The number of amides is 1. The highest BCUT2D eigenvalue weighted by atomic mass is 16.7. The highest BCUT2D eigenvalue weighted by Crippen LogP contribution is 2.88. The van der Waals surface area contributed by atoms with E-state index in [4.69, 9.17) is 20.2 Å². The van der Waals surface area contributed by atoms with Crippen LogP contribution in [0.2, 0.25) is 0 Å². The van der Waals surface area contributed by atoms with Gasteiger partial charge in [-0.15, -0.1) is 0 Å². The molecule has 2 saturated heterocycles. The Balaban J connectivity index is 1.10. The fraction of sp³-hybridized carbons (Fsp3) is 0.786. The minimum atomic E-state index is -1.70. The summed E-state index contributed by atoms with van der Waals surface area (Å²) < 4.78 is 12.7. The molecule has 5 saturated carbocycles. The highest BCUT2D eigenvalue weighted by Gasteiger charge is 2.85. The number of nitrogens with one attached hydrogen (secondary N) is 4. The first kappa shape index (κ1) is 52.9. The number of carboxylic acids is 1. The predicted octanol–water partition coefficient (Wildman–Crippen LogP) is 1.67. The molecule has 20 nitrogen and oxygen atoms in total. The van der Waals surface area contributed by atoms with Crippen molar-refractivity contribution < 1.29 is 65.0 Å².